The lowest BCUT2D eigenvalue weighted by molar-refractivity contribution is -0.122. The highest BCUT2D eigenvalue weighted by atomic mass is 32.2. The molecular weight excluding hydrogens is 350 g/mol. The molecule has 0 spiro atoms. The average Bonchev–Trinajstić information content (AvgIpc) is 3.17. The first kappa shape index (κ1) is 15.3. The minimum absolute atomic E-state index is 0.0510. The van der Waals surface area contributed by atoms with Gasteiger partial charge in [-0.2, -0.15) is 5.10 Å². The van der Waals surface area contributed by atoms with E-state index < -0.39 is 16.4 Å². The number of nitrogens with zero attached hydrogens (tertiary/aromatic N) is 3. The predicted molar refractivity (Wildman–Crippen MR) is 89.9 cm³/mol. The molecule has 0 saturated carbocycles. The highest BCUT2D eigenvalue weighted by Crippen LogP contribution is 2.37. The summed E-state index contributed by atoms with van der Waals surface area (Å²) >= 11 is 2.29. The molecule has 4 rings (SSSR count). The number of nitrogens with one attached hydrogen (secondary N) is 2. The molecule has 0 unspecified atom stereocenters. The van der Waals surface area contributed by atoms with E-state index in [9.17, 15) is 14.4 Å². The zero-order chi connectivity index (χ0) is 16.8. The number of anilines is 1. The fraction of sp³-hybridized carbons (Fsp3) is 0.357. The van der Waals surface area contributed by atoms with E-state index in [-0.39, 0.29) is 12.3 Å². The van der Waals surface area contributed by atoms with Gasteiger partial charge in [0.2, 0.25) is 11.8 Å². The summed E-state index contributed by atoms with van der Waals surface area (Å²) in [5.74, 6) is -0.742. The molecule has 1 atom stereocenters. The molecule has 10 heteroatoms. The first-order valence-electron chi connectivity index (χ1n) is 7.33. The van der Waals surface area contributed by atoms with Crippen molar-refractivity contribution in [1.29, 1.82) is 0 Å². The van der Waals surface area contributed by atoms with E-state index in [4.69, 9.17) is 0 Å². The smallest absolute Gasteiger partial charge is 0.286 e. The van der Waals surface area contributed by atoms with Crippen LogP contribution in [0.25, 0.3) is 11.3 Å². The normalized spacial score (nSPS) is 19.0. The van der Waals surface area contributed by atoms with Crippen LogP contribution in [0, 0.1) is 0 Å². The van der Waals surface area contributed by atoms with Gasteiger partial charge in [0.25, 0.3) is 5.24 Å². The van der Waals surface area contributed by atoms with E-state index in [1.807, 2.05) is 11.7 Å². The van der Waals surface area contributed by atoms with E-state index in [1.54, 1.807) is 6.20 Å². The molecule has 24 heavy (non-hydrogen) atoms. The Morgan fingerprint density at radius 3 is 3.04 bits per heavy atom. The minimum Gasteiger partial charge on any atom is -0.302 e. The third kappa shape index (κ3) is 2.61. The maximum atomic E-state index is 12.1. The van der Waals surface area contributed by atoms with Crippen LogP contribution in [0.2, 0.25) is 0 Å². The fourth-order valence-corrected chi connectivity index (χ4v) is 4.65. The fourth-order valence-electron chi connectivity index (χ4n) is 2.84. The SMILES string of the molecule is Cn1ncc2c1CCc1sc(NC(=O)C[C@H]3SC(=O)NC3=O)nc1-2. The average molecular weight is 363 g/mol. The number of aromatic nitrogens is 3. The predicted octanol–water partition coefficient (Wildman–Crippen LogP) is 1.32. The van der Waals surface area contributed by atoms with Crippen LogP contribution in [0.1, 0.15) is 17.0 Å². The molecule has 8 nitrogen and oxygen atoms in total. The number of hydrogen-bond acceptors (Lipinski definition) is 7. The van der Waals surface area contributed by atoms with Crippen LogP contribution >= 0.6 is 23.1 Å². The van der Waals surface area contributed by atoms with Crippen molar-refractivity contribution in [3.63, 3.8) is 0 Å². The third-order valence-electron chi connectivity index (χ3n) is 3.99. The van der Waals surface area contributed by atoms with Crippen LogP contribution in [-0.2, 0) is 29.5 Å². The molecule has 1 saturated heterocycles. The molecule has 0 radical (unpaired) electrons. The van der Waals surface area contributed by atoms with Crippen LogP contribution in [0.3, 0.4) is 0 Å². The van der Waals surface area contributed by atoms with E-state index >= 15 is 0 Å². The zero-order valence-corrected chi connectivity index (χ0v) is 14.3. The molecular formula is C14H13N5O3S2. The summed E-state index contributed by atoms with van der Waals surface area (Å²) in [6.07, 6.45) is 3.51. The number of carbonyl (C=O) groups excluding carboxylic acids is 3. The van der Waals surface area contributed by atoms with Crippen molar-refractivity contribution < 1.29 is 14.4 Å². The Morgan fingerprint density at radius 1 is 1.46 bits per heavy atom. The van der Waals surface area contributed by atoms with Crippen LogP contribution in [0.5, 0.6) is 0 Å². The number of amides is 3. The molecule has 0 bridgehead atoms. The summed E-state index contributed by atoms with van der Waals surface area (Å²) in [5.41, 5.74) is 3.02. The number of carbonyl (C=O) groups is 3. The molecule has 1 aliphatic carbocycles. The Balaban J connectivity index is 1.49. The molecule has 0 aromatic carbocycles. The van der Waals surface area contributed by atoms with Gasteiger partial charge in [0.05, 0.1) is 11.9 Å². The maximum Gasteiger partial charge on any atom is 0.286 e. The number of thioether (sulfide) groups is 1. The largest absolute Gasteiger partial charge is 0.302 e. The Morgan fingerprint density at radius 2 is 2.29 bits per heavy atom. The molecule has 3 heterocycles. The number of aryl methyl sites for hydroxylation is 2. The van der Waals surface area contributed by atoms with E-state index in [2.05, 4.69) is 20.7 Å². The van der Waals surface area contributed by atoms with Crippen molar-refractivity contribution in [3.05, 3.63) is 16.8 Å². The zero-order valence-electron chi connectivity index (χ0n) is 12.7. The van der Waals surface area contributed by atoms with Crippen molar-refractivity contribution in [1.82, 2.24) is 20.1 Å². The Kier molecular flexibility index (Phi) is 3.65. The van der Waals surface area contributed by atoms with Gasteiger partial charge in [0.15, 0.2) is 5.13 Å². The van der Waals surface area contributed by atoms with Gasteiger partial charge in [-0.05, 0) is 12.8 Å². The number of hydrogen-bond donors (Lipinski definition) is 2. The van der Waals surface area contributed by atoms with Gasteiger partial charge in [-0.3, -0.25) is 24.4 Å². The standard InChI is InChI=1S/C14H13N5O3S2/c1-19-7-2-3-8-11(6(7)5-15-19)17-13(23-8)16-10(20)4-9-12(21)18-14(22)24-9/h5,9H,2-4H2,1H3,(H,16,17,20)(H,18,21,22)/t9-/m1/s1. The molecule has 1 fully saturated rings. The molecule has 2 N–H and O–H groups in total. The lowest BCUT2D eigenvalue weighted by Crippen LogP contribution is -2.27. The Bertz CT molecular complexity index is 872. The summed E-state index contributed by atoms with van der Waals surface area (Å²) in [4.78, 5) is 40.4. The second-order valence-corrected chi connectivity index (χ2v) is 7.81. The molecule has 2 aromatic rings. The van der Waals surface area contributed by atoms with Crippen LogP contribution in [-0.4, -0.2) is 37.1 Å². The molecule has 3 amide bonds. The van der Waals surface area contributed by atoms with Crippen molar-refractivity contribution in [2.75, 3.05) is 5.32 Å². The number of imide groups is 1. The summed E-state index contributed by atoms with van der Waals surface area (Å²) in [5, 5.41) is 8.60. The van der Waals surface area contributed by atoms with Crippen molar-refractivity contribution >= 4 is 45.3 Å². The molecule has 124 valence electrons. The maximum absolute atomic E-state index is 12.1. The molecule has 2 aromatic heterocycles. The lowest BCUT2D eigenvalue weighted by Gasteiger charge is -2.10. The van der Waals surface area contributed by atoms with Crippen molar-refractivity contribution in [2.24, 2.45) is 7.05 Å². The number of fused-ring (bicyclic) bond motifs is 3. The van der Waals surface area contributed by atoms with E-state index in [0.29, 0.717) is 5.13 Å². The van der Waals surface area contributed by atoms with Crippen molar-refractivity contribution in [3.8, 4) is 11.3 Å². The van der Waals surface area contributed by atoms with Crippen molar-refractivity contribution in [2.45, 2.75) is 24.5 Å². The topological polar surface area (TPSA) is 106 Å². The first-order valence-corrected chi connectivity index (χ1v) is 9.03. The van der Waals surface area contributed by atoms with Gasteiger partial charge in [0, 0.05) is 29.6 Å². The summed E-state index contributed by atoms with van der Waals surface area (Å²) in [6.45, 7) is 0. The van der Waals surface area contributed by atoms with Gasteiger partial charge in [-0.15, -0.1) is 11.3 Å². The van der Waals surface area contributed by atoms with Gasteiger partial charge < -0.3 is 5.32 Å². The summed E-state index contributed by atoms with van der Waals surface area (Å²) in [6, 6.07) is 0. The van der Waals surface area contributed by atoms with Crippen LogP contribution in [0.15, 0.2) is 6.20 Å². The van der Waals surface area contributed by atoms with E-state index in [0.717, 1.165) is 46.4 Å². The van der Waals surface area contributed by atoms with Gasteiger partial charge in [0.1, 0.15) is 5.25 Å². The molecule has 1 aliphatic heterocycles. The van der Waals surface area contributed by atoms with Crippen LogP contribution in [0.4, 0.5) is 9.93 Å². The van der Waals surface area contributed by atoms with Gasteiger partial charge in [-0.25, -0.2) is 4.98 Å². The molecule has 2 aliphatic rings. The minimum atomic E-state index is -0.669. The number of rotatable bonds is 3. The highest BCUT2D eigenvalue weighted by Gasteiger charge is 2.33. The monoisotopic (exact) mass is 363 g/mol. The lowest BCUT2D eigenvalue weighted by atomic mass is 10.0. The Labute approximate surface area is 145 Å². The summed E-state index contributed by atoms with van der Waals surface area (Å²) < 4.78 is 1.85. The summed E-state index contributed by atoms with van der Waals surface area (Å²) in [7, 11) is 1.91. The highest BCUT2D eigenvalue weighted by molar-refractivity contribution is 8.15. The third-order valence-corrected chi connectivity index (χ3v) is 6.00. The quantitative estimate of drug-likeness (QED) is 0.852. The Hall–Kier alpha value is -2.20. The van der Waals surface area contributed by atoms with Gasteiger partial charge in [-0.1, -0.05) is 11.8 Å². The van der Waals surface area contributed by atoms with Gasteiger partial charge >= 0.3 is 0 Å². The first-order chi connectivity index (χ1) is 11.5. The second kappa shape index (κ2) is 5.71. The second-order valence-electron chi connectivity index (χ2n) is 5.55. The van der Waals surface area contributed by atoms with E-state index in [1.165, 1.54) is 11.3 Å². The number of thiazole rings is 1. The van der Waals surface area contributed by atoms with Crippen LogP contribution < -0.4 is 10.6 Å².